The number of benzene rings is 1. The van der Waals surface area contributed by atoms with Gasteiger partial charge < -0.3 is 10.1 Å². The lowest BCUT2D eigenvalue weighted by Crippen LogP contribution is -2.36. The van der Waals surface area contributed by atoms with Gasteiger partial charge in [-0.05, 0) is 56.7 Å². The Hall–Kier alpha value is -0.930. The summed E-state index contributed by atoms with van der Waals surface area (Å²) >= 11 is 0. The first-order valence-corrected chi connectivity index (χ1v) is 8.31. The number of halogens is 1. The first-order chi connectivity index (χ1) is 10.2. The van der Waals surface area contributed by atoms with Gasteiger partial charge in [-0.15, -0.1) is 0 Å². The van der Waals surface area contributed by atoms with Gasteiger partial charge in [0.25, 0.3) is 0 Å². The Bertz CT molecular complexity index is 453. The normalized spacial score (nSPS) is 25.5. The van der Waals surface area contributed by atoms with Gasteiger partial charge in [-0.25, -0.2) is 4.39 Å². The molecule has 0 amide bonds. The predicted octanol–water partition coefficient (Wildman–Crippen LogP) is 3.84. The van der Waals surface area contributed by atoms with Crippen LogP contribution in [0.3, 0.4) is 0 Å². The van der Waals surface area contributed by atoms with Crippen LogP contribution in [0, 0.1) is 5.82 Å². The maximum atomic E-state index is 12.9. The van der Waals surface area contributed by atoms with Gasteiger partial charge in [-0.1, -0.05) is 25.0 Å². The lowest BCUT2D eigenvalue weighted by molar-refractivity contribution is -0.0357. The van der Waals surface area contributed by atoms with Crippen molar-refractivity contribution in [2.24, 2.45) is 0 Å². The highest BCUT2D eigenvalue weighted by Gasteiger charge is 2.41. The molecular formula is C18H26FNO. The zero-order valence-electron chi connectivity index (χ0n) is 12.9. The van der Waals surface area contributed by atoms with Crippen molar-refractivity contribution in [2.75, 3.05) is 6.54 Å². The molecule has 1 aliphatic heterocycles. The summed E-state index contributed by atoms with van der Waals surface area (Å²) in [5.74, 6) is -0.166. The number of hydrogen-bond acceptors (Lipinski definition) is 2. The molecule has 2 nitrogen and oxygen atoms in total. The summed E-state index contributed by atoms with van der Waals surface area (Å²) < 4.78 is 19.2. The van der Waals surface area contributed by atoms with Crippen molar-refractivity contribution in [3.8, 4) is 0 Å². The maximum Gasteiger partial charge on any atom is 0.123 e. The van der Waals surface area contributed by atoms with E-state index in [2.05, 4.69) is 12.2 Å². The third-order valence-corrected chi connectivity index (χ3v) is 5.00. The average Bonchev–Trinajstić information content (AvgIpc) is 3.10. The van der Waals surface area contributed by atoms with E-state index in [1.807, 2.05) is 12.1 Å². The molecule has 2 unspecified atom stereocenters. The van der Waals surface area contributed by atoms with Crippen molar-refractivity contribution < 1.29 is 9.13 Å². The summed E-state index contributed by atoms with van der Waals surface area (Å²) in [6, 6.07) is 7.19. The molecule has 1 aromatic carbocycles. The summed E-state index contributed by atoms with van der Waals surface area (Å²) in [5.41, 5.74) is 1.41. The second-order valence-electron chi connectivity index (χ2n) is 6.81. The number of rotatable bonds is 5. The standard InChI is InChI=1S/C18H26FNO/c1-14(12-15-4-6-16(19)7-5-15)20-13-17-8-11-18(21-17)9-2-3-10-18/h4-7,14,17,20H,2-3,8-13H2,1H3. The van der Waals surface area contributed by atoms with E-state index < -0.39 is 0 Å². The van der Waals surface area contributed by atoms with Crippen LogP contribution in [-0.2, 0) is 11.2 Å². The second kappa shape index (κ2) is 6.45. The van der Waals surface area contributed by atoms with E-state index in [0.717, 1.165) is 13.0 Å². The third kappa shape index (κ3) is 3.83. The first-order valence-electron chi connectivity index (χ1n) is 8.31. The van der Waals surface area contributed by atoms with Gasteiger partial charge in [0.1, 0.15) is 5.82 Å². The molecule has 1 aliphatic carbocycles. The lowest BCUT2D eigenvalue weighted by atomic mass is 9.98. The lowest BCUT2D eigenvalue weighted by Gasteiger charge is -2.24. The van der Waals surface area contributed by atoms with Gasteiger partial charge in [0.15, 0.2) is 0 Å². The second-order valence-corrected chi connectivity index (χ2v) is 6.81. The minimum Gasteiger partial charge on any atom is -0.370 e. The molecule has 1 heterocycles. The molecule has 1 saturated carbocycles. The minimum atomic E-state index is -0.166. The Morgan fingerprint density at radius 3 is 2.67 bits per heavy atom. The molecule has 0 aromatic heterocycles. The van der Waals surface area contributed by atoms with Gasteiger partial charge in [0, 0.05) is 12.6 Å². The van der Waals surface area contributed by atoms with Crippen LogP contribution in [0.5, 0.6) is 0 Å². The van der Waals surface area contributed by atoms with E-state index in [1.165, 1.54) is 56.2 Å². The van der Waals surface area contributed by atoms with Gasteiger partial charge in [-0.2, -0.15) is 0 Å². The van der Waals surface area contributed by atoms with E-state index in [1.54, 1.807) is 0 Å². The molecule has 1 aromatic rings. The highest BCUT2D eigenvalue weighted by atomic mass is 19.1. The van der Waals surface area contributed by atoms with E-state index in [9.17, 15) is 4.39 Å². The SMILES string of the molecule is CC(Cc1ccc(F)cc1)NCC1CCC2(CCCC2)O1. The Labute approximate surface area is 127 Å². The molecule has 116 valence electrons. The molecule has 3 rings (SSSR count). The van der Waals surface area contributed by atoms with E-state index in [0.29, 0.717) is 12.1 Å². The van der Waals surface area contributed by atoms with Crippen molar-refractivity contribution in [1.29, 1.82) is 0 Å². The van der Waals surface area contributed by atoms with Crippen molar-refractivity contribution >= 4 is 0 Å². The van der Waals surface area contributed by atoms with E-state index >= 15 is 0 Å². The zero-order chi connectivity index (χ0) is 14.7. The summed E-state index contributed by atoms with van der Waals surface area (Å²) in [5, 5.41) is 3.58. The van der Waals surface area contributed by atoms with Crippen molar-refractivity contribution in [3.05, 3.63) is 35.6 Å². The Kier molecular flexibility index (Phi) is 4.60. The molecule has 2 aliphatic rings. The molecular weight excluding hydrogens is 265 g/mol. The first kappa shape index (κ1) is 15.0. The number of nitrogens with one attached hydrogen (secondary N) is 1. The van der Waals surface area contributed by atoms with Gasteiger partial charge in [-0.3, -0.25) is 0 Å². The van der Waals surface area contributed by atoms with Crippen LogP contribution in [0.4, 0.5) is 4.39 Å². The fraction of sp³-hybridized carbons (Fsp3) is 0.667. The Morgan fingerprint density at radius 2 is 1.95 bits per heavy atom. The van der Waals surface area contributed by atoms with Crippen LogP contribution in [-0.4, -0.2) is 24.3 Å². The molecule has 1 saturated heterocycles. The topological polar surface area (TPSA) is 21.3 Å². The van der Waals surface area contributed by atoms with E-state index in [4.69, 9.17) is 4.74 Å². The monoisotopic (exact) mass is 291 g/mol. The zero-order valence-corrected chi connectivity index (χ0v) is 12.9. The largest absolute Gasteiger partial charge is 0.370 e. The Morgan fingerprint density at radius 1 is 1.24 bits per heavy atom. The molecule has 3 heteroatoms. The Balaban J connectivity index is 1.42. The molecule has 2 fully saturated rings. The van der Waals surface area contributed by atoms with Crippen LogP contribution in [0.25, 0.3) is 0 Å². The number of hydrogen-bond donors (Lipinski definition) is 1. The fourth-order valence-corrected chi connectivity index (χ4v) is 3.81. The molecule has 2 atom stereocenters. The van der Waals surface area contributed by atoms with Crippen LogP contribution >= 0.6 is 0 Å². The molecule has 0 radical (unpaired) electrons. The molecule has 21 heavy (non-hydrogen) atoms. The van der Waals surface area contributed by atoms with Crippen molar-refractivity contribution in [2.45, 2.75) is 69.6 Å². The summed E-state index contributed by atoms with van der Waals surface area (Å²) in [4.78, 5) is 0. The van der Waals surface area contributed by atoms with Crippen LogP contribution in [0.15, 0.2) is 24.3 Å². The maximum absolute atomic E-state index is 12.9. The average molecular weight is 291 g/mol. The molecule has 1 N–H and O–H groups in total. The highest BCUT2D eigenvalue weighted by Crippen LogP contribution is 2.43. The summed E-state index contributed by atoms with van der Waals surface area (Å²) in [6.45, 7) is 3.12. The summed E-state index contributed by atoms with van der Waals surface area (Å²) in [7, 11) is 0. The molecule has 1 spiro atoms. The third-order valence-electron chi connectivity index (χ3n) is 5.00. The smallest absolute Gasteiger partial charge is 0.123 e. The van der Waals surface area contributed by atoms with Gasteiger partial charge >= 0.3 is 0 Å². The van der Waals surface area contributed by atoms with Gasteiger partial charge in [0.05, 0.1) is 11.7 Å². The predicted molar refractivity (Wildman–Crippen MR) is 82.9 cm³/mol. The van der Waals surface area contributed by atoms with Crippen LogP contribution in [0.2, 0.25) is 0 Å². The molecule has 0 bridgehead atoms. The van der Waals surface area contributed by atoms with Crippen molar-refractivity contribution in [1.82, 2.24) is 5.32 Å². The van der Waals surface area contributed by atoms with Gasteiger partial charge in [0.2, 0.25) is 0 Å². The number of ether oxygens (including phenoxy) is 1. The highest BCUT2D eigenvalue weighted by molar-refractivity contribution is 5.17. The van der Waals surface area contributed by atoms with E-state index in [-0.39, 0.29) is 11.4 Å². The minimum absolute atomic E-state index is 0.166. The van der Waals surface area contributed by atoms with Crippen LogP contribution < -0.4 is 5.32 Å². The van der Waals surface area contributed by atoms with Crippen molar-refractivity contribution in [3.63, 3.8) is 0 Å². The van der Waals surface area contributed by atoms with Crippen LogP contribution in [0.1, 0.15) is 51.0 Å². The summed E-state index contributed by atoms with van der Waals surface area (Å²) in [6.07, 6.45) is 8.92. The fourth-order valence-electron chi connectivity index (χ4n) is 3.81. The quantitative estimate of drug-likeness (QED) is 0.890.